The number of carboxylic acids is 1. The third-order valence-electron chi connectivity index (χ3n) is 2.47. The van der Waals surface area contributed by atoms with Gasteiger partial charge in [-0.15, -0.1) is 0 Å². The molecule has 5 heteroatoms. The van der Waals surface area contributed by atoms with Gasteiger partial charge < -0.3 is 14.6 Å². The lowest BCUT2D eigenvalue weighted by Gasteiger charge is -2.10. The molecule has 0 radical (unpaired) electrons. The number of hydrogen-bond donors (Lipinski definition) is 1. The van der Waals surface area contributed by atoms with Crippen molar-refractivity contribution >= 4 is 12.0 Å². The van der Waals surface area contributed by atoms with Crippen molar-refractivity contribution in [2.75, 3.05) is 7.11 Å². The van der Waals surface area contributed by atoms with Crippen molar-refractivity contribution in [3.05, 3.63) is 54.4 Å². The minimum absolute atomic E-state index is 0.515. The first-order valence-electron chi connectivity index (χ1n) is 5.86. The number of rotatable bonds is 5. The van der Waals surface area contributed by atoms with Gasteiger partial charge >= 0.3 is 5.97 Å². The molecule has 0 unspecified atom stereocenters. The van der Waals surface area contributed by atoms with Crippen molar-refractivity contribution in [1.82, 2.24) is 4.98 Å². The van der Waals surface area contributed by atoms with Crippen LogP contribution < -0.4 is 9.47 Å². The third kappa shape index (κ3) is 3.58. The summed E-state index contributed by atoms with van der Waals surface area (Å²) in [6.45, 7) is 0. The zero-order valence-corrected chi connectivity index (χ0v) is 10.8. The van der Waals surface area contributed by atoms with Crippen LogP contribution >= 0.6 is 0 Å². The summed E-state index contributed by atoms with van der Waals surface area (Å²) in [5, 5.41) is 8.60. The predicted molar refractivity (Wildman–Crippen MR) is 74.0 cm³/mol. The largest absolute Gasteiger partial charge is 0.493 e. The number of methoxy groups -OCH3 is 1. The Hall–Kier alpha value is -2.82. The van der Waals surface area contributed by atoms with Gasteiger partial charge in [-0.05, 0) is 35.9 Å². The lowest BCUT2D eigenvalue weighted by molar-refractivity contribution is -0.131. The van der Waals surface area contributed by atoms with Crippen LogP contribution in [0.25, 0.3) is 6.08 Å². The number of aliphatic carboxylic acids is 1. The van der Waals surface area contributed by atoms with E-state index in [0.717, 1.165) is 6.08 Å². The molecule has 102 valence electrons. The molecule has 0 saturated heterocycles. The molecule has 1 N–H and O–H groups in total. The Morgan fingerprint density at radius 2 is 2.15 bits per heavy atom. The van der Waals surface area contributed by atoms with Crippen molar-refractivity contribution < 1.29 is 19.4 Å². The maximum absolute atomic E-state index is 10.5. The van der Waals surface area contributed by atoms with Gasteiger partial charge in [-0.3, -0.25) is 4.98 Å². The zero-order valence-electron chi connectivity index (χ0n) is 10.8. The van der Waals surface area contributed by atoms with Gasteiger partial charge in [0.15, 0.2) is 11.5 Å². The van der Waals surface area contributed by atoms with Crippen molar-refractivity contribution in [2.24, 2.45) is 0 Å². The highest BCUT2D eigenvalue weighted by molar-refractivity contribution is 5.85. The number of carboxylic acid groups (broad SMARTS) is 1. The molecular weight excluding hydrogens is 258 g/mol. The van der Waals surface area contributed by atoms with Crippen molar-refractivity contribution in [1.29, 1.82) is 0 Å². The second-order valence-corrected chi connectivity index (χ2v) is 3.87. The highest BCUT2D eigenvalue weighted by Crippen LogP contribution is 2.32. The molecule has 0 atom stereocenters. The SMILES string of the molecule is COc1cc(C=CC(=O)O)ccc1Oc1cccnc1. The van der Waals surface area contributed by atoms with Gasteiger partial charge in [0.05, 0.1) is 13.3 Å². The molecule has 20 heavy (non-hydrogen) atoms. The van der Waals surface area contributed by atoms with Gasteiger partial charge in [-0.1, -0.05) is 6.07 Å². The van der Waals surface area contributed by atoms with E-state index in [9.17, 15) is 4.79 Å². The molecule has 0 aliphatic carbocycles. The van der Waals surface area contributed by atoms with Gasteiger partial charge in [0.25, 0.3) is 0 Å². The standard InChI is InChI=1S/C15H13NO4/c1-19-14-9-11(5-7-15(17)18)4-6-13(14)20-12-3-2-8-16-10-12/h2-10H,1H3,(H,17,18). The lowest BCUT2D eigenvalue weighted by atomic mass is 10.2. The molecule has 0 aliphatic rings. The van der Waals surface area contributed by atoms with E-state index < -0.39 is 5.97 Å². The van der Waals surface area contributed by atoms with E-state index in [2.05, 4.69) is 4.98 Å². The van der Waals surface area contributed by atoms with Gasteiger partial charge in [0.1, 0.15) is 5.75 Å². The molecule has 0 amide bonds. The normalized spacial score (nSPS) is 10.4. The Balaban J connectivity index is 2.24. The van der Waals surface area contributed by atoms with E-state index in [1.807, 2.05) is 0 Å². The summed E-state index contributed by atoms with van der Waals surface area (Å²) in [6.07, 6.45) is 5.80. The number of nitrogens with zero attached hydrogens (tertiary/aromatic N) is 1. The van der Waals surface area contributed by atoms with Crippen LogP contribution in [0.1, 0.15) is 5.56 Å². The van der Waals surface area contributed by atoms with E-state index in [4.69, 9.17) is 14.6 Å². The molecule has 0 saturated carbocycles. The fourth-order valence-corrected chi connectivity index (χ4v) is 1.57. The Morgan fingerprint density at radius 3 is 2.80 bits per heavy atom. The minimum atomic E-state index is -1.00. The summed E-state index contributed by atoms with van der Waals surface area (Å²) in [6, 6.07) is 8.71. The summed E-state index contributed by atoms with van der Waals surface area (Å²) in [5.74, 6) is 0.647. The van der Waals surface area contributed by atoms with Crippen molar-refractivity contribution in [2.45, 2.75) is 0 Å². The molecule has 1 aromatic carbocycles. The van der Waals surface area contributed by atoms with E-state index in [-0.39, 0.29) is 0 Å². The fourth-order valence-electron chi connectivity index (χ4n) is 1.57. The second kappa shape index (κ2) is 6.38. The van der Waals surface area contributed by atoms with Gasteiger partial charge in [0, 0.05) is 12.3 Å². The van der Waals surface area contributed by atoms with Crippen LogP contribution in [0.3, 0.4) is 0 Å². The topological polar surface area (TPSA) is 68.7 Å². The first-order chi connectivity index (χ1) is 9.69. The molecule has 1 aromatic heterocycles. The van der Waals surface area contributed by atoms with E-state index in [1.165, 1.54) is 13.2 Å². The number of ether oxygens (including phenoxy) is 2. The summed E-state index contributed by atoms with van der Waals surface area (Å²) in [5.41, 5.74) is 0.711. The summed E-state index contributed by atoms with van der Waals surface area (Å²) < 4.78 is 10.9. The van der Waals surface area contributed by atoms with Gasteiger partial charge in [-0.25, -0.2) is 4.79 Å². The predicted octanol–water partition coefficient (Wildman–Crippen LogP) is 2.98. The maximum atomic E-state index is 10.5. The molecule has 0 fully saturated rings. The monoisotopic (exact) mass is 271 g/mol. The molecule has 2 rings (SSSR count). The number of carbonyl (C=O) groups is 1. The molecule has 1 heterocycles. The average Bonchev–Trinajstić information content (AvgIpc) is 2.47. The lowest BCUT2D eigenvalue weighted by Crippen LogP contribution is -1.92. The number of benzene rings is 1. The zero-order chi connectivity index (χ0) is 14.4. The highest BCUT2D eigenvalue weighted by Gasteiger charge is 2.06. The third-order valence-corrected chi connectivity index (χ3v) is 2.47. The van der Waals surface area contributed by atoms with Crippen LogP contribution in [0.5, 0.6) is 17.2 Å². The van der Waals surface area contributed by atoms with Crippen LogP contribution in [0.2, 0.25) is 0 Å². The molecule has 5 nitrogen and oxygen atoms in total. The van der Waals surface area contributed by atoms with Crippen LogP contribution in [0.15, 0.2) is 48.8 Å². The summed E-state index contributed by atoms with van der Waals surface area (Å²) in [7, 11) is 1.52. The molecule has 2 aromatic rings. The van der Waals surface area contributed by atoms with Gasteiger partial charge in [0.2, 0.25) is 0 Å². The summed E-state index contributed by atoms with van der Waals surface area (Å²) >= 11 is 0. The van der Waals surface area contributed by atoms with E-state index in [0.29, 0.717) is 22.8 Å². The minimum Gasteiger partial charge on any atom is -0.493 e. The van der Waals surface area contributed by atoms with Crippen molar-refractivity contribution in [3.8, 4) is 17.2 Å². The fraction of sp³-hybridized carbons (Fsp3) is 0.0667. The smallest absolute Gasteiger partial charge is 0.328 e. The molecule has 0 aliphatic heterocycles. The van der Waals surface area contributed by atoms with Gasteiger partial charge in [-0.2, -0.15) is 0 Å². The number of hydrogen-bond acceptors (Lipinski definition) is 4. The highest BCUT2D eigenvalue weighted by atomic mass is 16.5. The molecular formula is C15H13NO4. The molecule has 0 spiro atoms. The maximum Gasteiger partial charge on any atom is 0.328 e. The first kappa shape index (κ1) is 13.6. The second-order valence-electron chi connectivity index (χ2n) is 3.87. The number of pyridine rings is 1. The average molecular weight is 271 g/mol. The van der Waals surface area contributed by atoms with Crippen LogP contribution in [0.4, 0.5) is 0 Å². The Morgan fingerprint density at radius 1 is 1.30 bits per heavy atom. The van der Waals surface area contributed by atoms with Crippen LogP contribution in [-0.2, 0) is 4.79 Å². The Kier molecular flexibility index (Phi) is 4.34. The Labute approximate surface area is 116 Å². The molecule has 0 bridgehead atoms. The van der Waals surface area contributed by atoms with E-state index >= 15 is 0 Å². The quantitative estimate of drug-likeness (QED) is 0.847. The summed E-state index contributed by atoms with van der Waals surface area (Å²) in [4.78, 5) is 14.4. The van der Waals surface area contributed by atoms with Crippen molar-refractivity contribution in [3.63, 3.8) is 0 Å². The Bertz CT molecular complexity index is 623. The van der Waals surface area contributed by atoms with Crippen LogP contribution in [-0.4, -0.2) is 23.2 Å². The van der Waals surface area contributed by atoms with E-state index in [1.54, 1.807) is 42.7 Å². The van der Waals surface area contributed by atoms with Crippen LogP contribution in [0, 0.1) is 0 Å². The first-order valence-corrected chi connectivity index (χ1v) is 5.86. The number of aromatic nitrogens is 1.